The predicted octanol–water partition coefficient (Wildman–Crippen LogP) is 3.98. The highest BCUT2D eigenvalue weighted by Crippen LogP contribution is 2.28. The van der Waals surface area contributed by atoms with Gasteiger partial charge >= 0.3 is 0 Å². The van der Waals surface area contributed by atoms with Gasteiger partial charge in [-0.15, -0.1) is 0 Å². The average Bonchev–Trinajstić information content (AvgIpc) is 2.88. The number of anilines is 1. The number of benzene rings is 3. The van der Waals surface area contributed by atoms with Crippen molar-refractivity contribution < 1.29 is 26.8 Å². The molecular formula is C25H24ClF2N3O4S. The van der Waals surface area contributed by atoms with Gasteiger partial charge in [-0.1, -0.05) is 41.9 Å². The molecule has 0 bridgehead atoms. The minimum absolute atomic E-state index is 0.0343. The van der Waals surface area contributed by atoms with Crippen LogP contribution in [-0.4, -0.2) is 44.8 Å². The molecule has 0 aromatic heterocycles. The van der Waals surface area contributed by atoms with Gasteiger partial charge in [0.25, 0.3) is 10.0 Å². The van der Waals surface area contributed by atoms with Crippen LogP contribution in [-0.2, 0) is 26.2 Å². The molecule has 11 heteroatoms. The molecular weight excluding hydrogens is 512 g/mol. The van der Waals surface area contributed by atoms with Gasteiger partial charge in [0, 0.05) is 13.6 Å². The third-order valence-corrected chi connectivity index (χ3v) is 7.56. The molecule has 7 nitrogen and oxygen atoms in total. The summed E-state index contributed by atoms with van der Waals surface area (Å²) in [4.78, 5) is 27.0. The number of carbonyl (C=O) groups excluding carboxylic acids is 2. The molecule has 0 saturated heterocycles. The van der Waals surface area contributed by atoms with Crippen LogP contribution in [0.4, 0.5) is 14.5 Å². The Labute approximate surface area is 213 Å². The largest absolute Gasteiger partial charge is 0.357 e. The van der Waals surface area contributed by atoms with Crippen LogP contribution in [0.2, 0.25) is 5.02 Å². The van der Waals surface area contributed by atoms with Crippen molar-refractivity contribution in [3.05, 3.63) is 95.0 Å². The lowest BCUT2D eigenvalue weighted by molar-refractivity contribution is -0.139. The van der Waals surface area contributed by atoms with Gasteiger partial charge in [-0.2, -0.15) is 0 Å². The second kappa shape index (κ2) is 11.5. The summed E-state index contributed by atoms with van der Waals surface area (Å²) in [5.41, 5.74) is 0.496. The minimum Gasteiger partial charge on any atom is -0.357 e. The van der Waals surface area contributed by atoms with Gasteiger partial charge in [-0.25, -0.2) is 17.2 Å². The molecule has 1 unspecified atom stereocenters. The van der Waals surface area contributed by atoms with Crippen molar-refractivity contribution in [1.29, 1.82) is 0 Å². The van der Waals surface area contributed by atoms with Gasteiger partial charge in [0.2, 0.25) is 11.8 Å². The fourth-order valence-electron chi connectivity index (χ4n) is 3.47. The Bertz CT molecular complexity index is 1340. The number of likely N-dealkylation sites (N-methyl/N-ethyl adjacent to an activating group) is 1. The van der Waals surface area contributed by atoms with Crippen molar-refractivity contribution in [3.8, 4) is 0 Å². The van der Waals surface area contributed by atoms with Gasteiger partial charge in [0.05, 0.1) is 15.6 Å². The summed E-state index contributed by atoms with van der Waals surface area (Å²) in [5.74, 6) is -2.41. The SMILES string of the molecule is CNC(=O)C(C)N(Cc1ccc(F)cc1)C(=O)CN(c1ccc(F)c(Cl)c1)S(=O)(=O)c1ccccc1. The summed E-state index contributed by atoms with van der Waals surface area (Å²) in [6.07, 6.45) is 0. The number of halogens is 3. The molecule has 3 aromatic rings. The summed E-state index contributed by atoms with van der Waals surface area (Å²) in [5, 5.41) is 2.14. The lowest BCUT2D eigenvalue weighted by Crippen LogP contribution is -2.50. The molecule has 0 aliphatic heterocycles. The van der Waals surface area contributed by atoms with Crippen molar-refractivity contribution in [1.82, 2.24) is 10.2 Å². The number of rotatable bonds is 9. The fraction of sp³-hybridized carbons (Fsp3) is 0.200. The molecule has 0 radical (unpaired) electrons. The molecule has 1 atom stereocenters. The zero-order valence-corrected chi connectivity index (χ0v) is 21.1. The van der Waals surface area contributed by atoms with Crippen molar-refractivity contribution in [2.24, 2.45) is 0 Å². The van der Waals surface area contributed by atoms with Gasteiger partial charge in [0.1, 0.15) is 24.2 Å². The highest BCUT2D eigenvalue weighted by molar-refractivity contribution is 7.92. The minimum atomic E-state index is -4.29. The molecule has 3 aromatic carbocycles. The lowest BCUT2D eigenvalue weighted by Gasteiger charge is -2.31. The molecule has 0 aliphatic rings. The Balaban J connectivity index is 2.04. The smallest absolute Gasteiger partial charge is 0.264 e. The van der Waals surface area contributed by atoms with Crippen molar-refractivity contribution in [2.45, 2.75) is 24.4 Å². The third kappa shape index (κ3) is 6.19. The first kappa shape index (κ1) is 27.1. The topological polar surface area (TPSA) is 86.8 Å². The van der Waals surface area contributed by atoms with Crippen LogP contribution >= 0.6 is 11.6 Å². The highest BCUT2D eigenvalue weighted by Gasteiger charge is 2.32. The maximum Gasteiger partial charge on any atom is 0.264 e. The maximum atomic E-state index is 13.8. The Morgan fingerprint density at radius 1 is 1.00 bits per heavy atom. The Morgan fingerprint density at radius 3 is 2.22 bits per heavy atom. The molecule has 0 aliphatic carbocycles. The van der Waals surface area contributed by atoms with E-state index in [1.54, 1.807) is 6.07 Å². The molecule has 36 heavy (non-hydrogen) atoms. The predicted molar refractivity (Wildman–Crippen MR) is 133 cm³/mol. The van der Waals surface area contributed by atoms with Crippen LogP contribution in [0.1, 0.15) is 12.5 Å². The second-order valence-electron chi connectivity index (χ2n) is 7.86. The van der Waals surface area contributed by atoms with E-state index in [0.29, 0.717) is 5.56 Å². The highest BCUT2D eigenvalue weighted by atomic mass is 35.5. The van der Waals surface area contributed by atoms with Crippen molar-refractivity contribution >= 4 is 39.1 Å². The molecule has 0 heterocycles. The number of hydrogen-bond acceptors (Lipinski definition) is 4. The second-order valence-corrected chi connectivity index (χ2v) is 10.1. The summed E-state index contributed by atoms with van der Waals surface area (Å²) in [6, 6.07) is 15.1. The van der Waals surface area contributed by atoms with E-state index in [-0.39, 0.29) is 22.2 Å². The van der Waals surface area contributed by atoms with Crippen LogP contribution in [0.25, 0.3) is 0 Å². The van der Waals surface area contributed by atoms with Crippen LogP contribution in [0.3, 0.4) is 0 Å². The lowest BCUT2D eigenvalue weighted by atomic mass is 10.1. The Kier molecular flexibility index (Phi) is 8.65. The van der Waals surface area contributed by atoms with Crippen LogP contribution < -0.4 is 9.62 Å². The summed E-state index contributed by atoms with van der Waals surface area (Å²) < 4.78 is 55.1. The Morgan fingerprint density at radius 2 is 1.64 bits per heavy atom. The van der Waals surface area contributed by atoms with E-state index in [0.717, 1.165) is 16.4 Å². The molecule has 3 rings (SSSR count). The van der Waals surface area contributed by atoms with Crippen LogP contribution in [0.5, 0.6) is 0 Å². The monoisotopic (exact) mass is 535 g/mol. The normalized spacial score (nSPS) is 12.0. The molecule has 0 fully saturated rings. The van der Waals surface area contributed by atoms with Gasteiger partial charge < -0.3 is 10.2 Å². The number of sulfonamides is 1. The first-order valence-corrected chi connectivity index (χ1v) is 12.6. The third-order valence-electron chi connectivity index (χ3n) is 5.48. The van der Waals surface area contributed by atoms with Crippen LogP contribution in [0, 0.1) is 11.6 Å². The van der Waals surface area contributed by atoms with Gasteiger partial charge in [-0.05, 0) is 55.0 Å². The van der Waals surface area contributed by atoms with E-state index in [2.05, 4.69) is 5.32 Å². The number of carbonyl (C=O) groups is 2. The van der Waals surface area contributed by atoms with E-state index >= 15 is 0 Å². The van der Waals surface area contributed by atoms with Crippen molar-refractivity contribution in [2.75, 3.05) is 17.9 Å². The number of nitrogens with one attached hydrogen (secondary N) is 1. The van der Waals surface area contributed by atoms with E-state index in [1.165, 1.54) is 73.5 Å². The van der Waals surface area contributed by atoms with Crippen molar-refractivity contribution in [3.63, 3.8) is 0 Å². The summed E-state index contributed by atoms with van der Waals surface area (Å²) in [7, 11) is -2.88. The first-order chi connectivity index (χ1) is 17.0. The number of nitrogens with zero attached hydrogens (tertiary/aromatic N) is 2. The molecule has 0 saturated carbocycles. The standard InChI is InChI=1S/C25H24ClF2N3O4S/c1-17(25(33)29-2)30(15-18-8-10-19(27)11-9-18)24(32)16-31(20-12-13-23(28)22(26)14-20)36(34,35)21-6-4-3-5-7-21/h3-14,17H,15-16H2,1-2H3,(H,29,33). The summed E-state index contributed by atoms with van der Waals surface area (Å²) >= 11 is 5.91. The first-order valence-electron chi connectivity index (χ1n) is 10.8. The molecule has 1 N–H and O–H groups in total. The van der Waals surface area contributed by atoms with E-state index in [1.807, 2.05) is 0 Å². The molecule has 190 valence electrons. The van der Waals surface area contributed by atoms with Gasteiger partial charge in [0.15, 0.2) is 0 Å². The average molecular weight is 536 g/mol. The van der Waals surface area contributed by atoms with Crippen LogP contribution in [0.15, 0.2) is 77.7 Å². The zero-order chi connectivity index (χ0) is 26.5. The maximum absolute atomic E-state index is 13.8. The fourth-order valence-corrected chi connectivity index (χ4v) is 5.07. The molecule has 2 amide bonds. The Hall–Kier alpha value is -3.50. The molecule has 0 spiro atoms. The van der Waals surface area contributed by atoms with E-state index < -0.39 is 46.1 Å². The number of hydrogen-bond donors (Lipinski definition) is 1. The quantitative estimate of drug-likeness (QED) is 0.449. The summed E-state index contributed by atoms with van der Waals surface area (Å²) in [6.45, 7) is 0.698. The number of amides is 2. The van der Waals surface area contributed by atoms with E-state index in [4.69, 9.17) is 11.6 Å². The van der Waals surface area contributed by atoms with E-state index in [9.17, 15) is 26.8 Å². The van der Waals surface area contributed by atoms with Gasteiger partial charge in [-0.3, -0.25) is 13.9 Å². The zero-order valence-electron chi connectivity index (χ0n) is 19.5.